The normalized spacial score (nSPS) is 17.2. The van der Waals surface area contributed by atoms with Gasteiger partial charge in [0, 0.05) is 23.7 Å². The van der Waals surface area contributed by atoms with Crippen molar-refractivity contribution in [3.63, 3.8) is 0 Å². The molecule has 4 heteroatoms. The second-order valence-corrected chi connectivity index (χ2v) is 8.08. The minimum atomic E-state index is -0.481. The Kier molecular flexibility index (Phi) is 5.42. The first-order valence-electron chi connectivity index (χ1n) is 9.26. The zero-order chi connectivity index (χ0) is 18.7. The Morgan fingerprint density at radius 1 is 1.15 bits per heavy atom. The second-order valence-electron chi connectivity index (χ2n) is 8.08. The second kappa shape index (κ2) is 7.58. The van der Waals surface area contributed by atoms with Gasteiger partial charge in [0.25, 0.3) is 0 Å². The van der Waals surface area contributed by atoms with Crippen molar-refractivity contribution < 1.29 is 9.18 Å². The van der Waals surface area contributed by atoms with E-state index in [0.717, 1.165) is 17.7 Å². The van der Waals surface area contributed by atoms with Crippen molar-refractivity contribution in [3.05, 3.63) is 59.4 Å². The molecule has 0 aliphatic heterocycles. The van der Waals surface area contributed by atoms with Crippen LogP contribution in [0, 0.1) is 11.2 Å². The van der Waals surface area contributed by atoms with Crippen LogP contribution < -0.4 is 11.1 Å². The summed E-state index contributed by atoms with van der Waals surface area (Å²) >= 11 is 0. The molecule has 0 atom stereocenters. The van der Waals surface area contributed by atoms with Crippen LogP contribution in [-0.2, 0) is 6.54 Å². The topological polar surface area (TPSA) is 55.1 Å². The third-order valence-electron chi connectivity index (χ3n) is 5.45. The maximum absolute atomic E-state index is 14.3. The van der Waals surface area contributed by atoms with Crippen molar-refractivity contribution in [2.45, 2.75) is 52.1 Å². The number of carbonyl (C=O) groups is 1. The van der Waals surface area contributed by atoms with Crippen molar-refractivity contribution >= 4 is 5.91 Å². The van der Waals surface area contributed by atoms with E-state index in [-0.39, 0.29) is 5.82 Å². The van der Waals surface area contributed by atoms with Gasteiger partial charge in [-0.15, -0.1) is 0 Å². The molecule has 0 saturated heterocycles. The minimum absolute atomic E-state index is 0.264. The van der Waals surface area contributed by atoms with Crippen LogP contribution >= 0.6 is 0 Å². The Hall–Kier alpha value is -2.20. The van der Waals surface area contributed by atoms with Crippen LogP contribution in [0.25, 0.3) is 11.1 Å². The van der Waals surface area contributed by atoms with E-state index < -0.39 is 5.91 Å². The summed E-state index contributed by atoms with van der Waals surface area (Å²) in [6.45, 7) is 5.40. The van der Waals surface area contributed by atoms with E-state index >= 15 is 0 Å². The third-order valence-corrected chi connectivity index (χ3v) is 5.45. The van der Waals surface area contributed by atoms with E-state index in [4.69, 9.17) is 5.73 Å². The van der Waals surface area contributed by atoms with Gasteiger partial charge in [-0.05, 0) is 66.5 Å². The maximum Gasteiger partial charge on any atom is 0.248 e. The first kappa shape index (κ1) is 18.6. The summed E-state index contributed by atoms with van der Waals surface area (Å²) in [7, 11) is 0. The van der Waals surface area contributed by atoms with Crippen molar-refractivity contribution in [1.82, 2.24) is 5.32 Å². The van der Waals surface area contributed by atoms with Crippen LogP contribution in [0.5, 0.6) is 0 Å². The quantitative estimate of drug-likeness (QED) is 0.821. The van der Waals surface area contributed by atoms with Crippen molar-refractivity contribution in [2.24, 2.45) is 11.1 Å². The maximum atomic E-state index is 14.3. The molecule has 138 valence electrons. The smallest absolute Gasteiger partial charge is 0.248 e. The number of hydrogen-bond acceptors (Lipinski definition) is 2. The number of nitrogens with two attached hydrogens (primary N) is 1. The lowest BCUT2D eigenvalue weighted by Crippen LogP contribution is -2.35. The molecule has 3 N–H and O–H groups in total. The van der Waals surface area contributed by atoms with Gasteiger partial charge in [0.2, 0.25) is 5.91 Å². The SMILES string of the molecule is CC1(C)CCC(NCc2ccc(F)c(-c3ccc(C(N)=O)cc3)c2)CC1. The number of halogens is 1. The molecule has 3 nitrogen and oxygen atoms in total. The number of benzene rings is 2. The third kappa shape index (κ3) is 4.50. The zero-order valence-electron chi connectivity index (χ0n) is 15.5. The number of amides is 1. The highest BCUT2D eigenvalue weighted by atomic mass is 19.1. The summed E-state index contributed by atoms with van der Waals surface area (Å²) in [4.78, 5) is 11.2. The summed E-state index contributed by atoms with van der Waals surface area (Å²) in [6.07, 6.45) is 4.86. The molecule has 0 radical (unpaired) electrons. The lowest BCUT2D eigenvalue weighted by molar-refractivity contribution is 0.100. The van der Waals surface area contributed by atoms with Gasteiger partial charge in [-0.25, -0.2) is 4.39 Å². The number of nitrogens with one attached hydrogen (secondary N) is 1. The standard InChI is InChI=1S/C22H27FN2O/c1-22(2)11-9-18(10-12-22)25-14-15-3-8-20(23)19(13-15)16-4-6-17(7-5-16)21(24)26/h3-8,13,18,25H,9-12,14H2,1-2H3,(H2,24,26). The highest BCUT2D eigenvalue weighted by Gasteiger charge is 2.26. The predicted molar refractivity (Wildman–Crippen MR) is 103 cm³/mol. The Morgan fingerprint density at radius 3 is 2.42 bits per heavy atom. The van der Waals surface area contributed by atoms with Gasteiger partial charge in [-0.2, -0.15) is 0 Å². The van der Waals surface area contributed by atoms with E-state index in [1.54, 1.807) is 24.3 Å². The molecule has 3 rings (SSSR count). The number of primary amides is 1. The Balaban J connectivity index is 1.68. The fourth-order valence-electron chi connectivity index (χ4n) is 3.58. The molecule has 2 aromatic carbocycles. The van der Waals surface area contributed by atoms with Crippen LogP contribution in [0.3, 0.4) is 0 Å². The van der Waals surface area contributed by atoms with E-state index in [1.165, 1.54) is 31.7 Å². The molecular formula is C22H27FN2O. The van der Waals surface area contributed by atoms with Crippen LogP contribution in [-0.4, -0.2) is 11.9 Å². The Labute approximate surface area is 154 Å². The molecule has 0 aromatic heterocycles. The first-order valence-corrected chi connectivity index (χ1v) is 9.26. The minimum Gasteiger partial charge on any atom is -0.366 e. The molecule has 1 aliphatic rings. The summed E-state index contributed by atoms with van der Waals surface area (Å²) in [5.41, 5.74) is 8.49. The van der Waals surface area contributed by atoms with E-state index in [0.29, 0.717) is 22.6 Å². The van der Waals surface area contributed by atoms with Crippen LogP contribution in [0.1, 0.15) is 55.5 Å². The highest BCUT2D eigenvalue weighted by Crippen LogP contribution is 2.35. The van der Waals surface area contributed by atoms with Gasteiger partial charge in [-0.1, -0.05) is 32.0 Å². The molecule has 2 aromatic rings. The van der Waals surface area contributed by atoms with E-state index in [2.05, 4.69) is 19.2 Å². The molecule has 1 fully saturated rings. The largest absolute Gasteiger partial charge is 0.366 e. The molecule has 0 heterocycles. The fourth-order valence-corrected chi connectivity index (χ4v) is 3.58. The first-order chi connectivity index (χ1) is 12.3. The monoisotopic (exact) mass is 354 g/mol. The highest BCUT2D eigenvalue weighted by molar-refractivity contribution is 5.93. The number of rotatable bonds is 5. The predicted octanol–water partition coefficient (Wildman–Crippen LogP) is 4.65. The Bertz CT molecular complexity index is 773. The average molecular weight is 354 g/mol. The Morgan fingerprint density at radius 2 is 1.81 bits per heavy atom. The van der Waals surface area contributed by atoms with Gasteiger partial charge in [0.15, 0.2) is 0 Å². The van der Waals surface area contributed by atoms with Gasteiger partial charge < -0.3 is 11.1 Å². The van der Waals surface area contributed by atoms with E-state index in [1.807, 2.05) is 12.1 Å². The number of hydrogen-bond donors (Lipinski definition) is 2. The summed E-state index contributed by atoms with van der Waals surface area (Å²) in [5.74, 6) is -0.745. The molecular weight excluding hydrogens is 327 g/mol. The zero-order valence-corrected chi connectivity index (χ0v) is 15.5. The van der Waals surface area contributed by atoms with Gasteiger partial charge in [0.05, 0.1) is 0 Å². The van der Waals surface area contributed by atoms with Crippen LogP contribution in [0.2, 0.25) is 0 Å². The molecule has 1 aliphatic carbocycles. The molecule has 0 bridgehead atoms. The molecule has 1 amide bonds. The molecule has 26 heavy (non-hydrogen) atoms. The van der Waals surface area contributed by atoms with Crippen molar-refractivity contribution in [1.29, 1.82) is 0 Å². The lowest BCUT2D eigenvalue weighted by Gasteiger charge is -2.34. The fraction of sp³-hybridized carbons (Fsp3) is 0.409. The van der Waals surface area contributed by atoms with Crippen molar-refractivity contribution in [3.8, 4) is 11.1 Å². The molecule has 0 spiro atoms. The number of carbonyl (C=O) groups excluding carboxylic acids is 1. The van der Waals surface area contributed by atoms with E-state index in [9.17, 15) is 9.18 Å². The average Bonchev–Trinajstić information content (AvgIpc) is 2.62. The molecule has 1 saturated carbocycles. The van der Waals surface area contributed by atoms with Crippen LogP contribution in [0.4, 0.5) is 4.39 Å². The molecule has 0 unspecified atom stereocenters. The van der Waals surface area contributed by atoms with Gasteiger partial charge in [-0.3, -0.25) is 4.79 Å². The summed E-state index contributed by atoms with van der Waals surface area (Å²) in [5, 5.41) is 3.61. The van der Waals surface area contributed by atoms with Gasteiger partial charge >= 0.3 is 0 Å². The van der Waals surface area contributed by atoms with Crippen LogP contribution in [0.15, 0.2) is 42.5 Å². The lowest BCUT2D eigenvalue weighted by atomic mass is 9.75. The summed E-state index contributed by atoms with van der Waals surface area (Å²) in [6, 6.07) is 12.5. The van der Waals surface area contributed by atoms with Crippen molar-refractivity contribution in [2.75, 3.05) is 0 Å². The van der Waals surface area contributed by atoms with Gasteiger partial charge in [0.1, 0.15) is 5.82 Å². The summed E-state index contributed by atoms with van der Waals surface area (Å²) < 4.78 is 14.3.